The third-order valence-electron chi connectivity index (χ3n) is 3.11. The molecule has 98 valence electrons. The predicted molar refractivity (Wildman–Crippen MR) is 65.6 cm³/mol. The molecule has 2 unspecified atom stereocenters. The number of carboxylic acids is 1. The van der Waals surface area contributed by atoms with E-state index in [1.807, 2.05) is 18.7 Å². The van der Waals surface area contributed by atoms with Crippen molar-refractivity contribution in [2.75, 3.05) is 18.1 Å². The van der Waals surface area contributed by atoms with Gasteiger partial charge in [0, 0.05) is 12.6 Å². The van der Waals surface area contributed by atoms with Gasteiger partial charge < -0.3 is 14.7 Å². The standard InChI is InChI=1S/C13H16FNO3/c1-8-7-18-9(2)6-15(8)12-4-3-10(14)5-11(12)13(16)17/h3-5,8-9H,6-7H2,1-2H3,(H,16,17). The van der Waals surface area contributed by atoms with E-state index in [1.54, 1.807) is 0 Å². The first-order chi connectivity index (χ1) is 8.49. The van der Waals surface area contributed by atoms with Crippen molar-refractivity contribution < 1.29 is 19.0 Å². The summed E-state index contributed by atoms with van der Waals surface area (Å²) >= 11 is 0. The number of nitrogens with zero attached hydrogens (tertiary/aromatic N) is 1. The van der Waals surface area contributed by atoms with E-state index in [0.717, 1.165) is 6.07 Å². The number of hydrogen-bond acceptors (Lipinski definition) is 3. The zero-order chi connectivity index (χ0) is 13.3. The molecule has 1 aromatic carbocycles. The average Bonchev–Trinajstić information content (AvgIpc) is 2.32. The molecule has 0 aromatic heterocycles. The number of carboxylic acid groups (broad SMARTS) is 1. The highest BCUT2D eigenvalue weighted by Gasteiger charge is 2.27. The Bertz CT molecular complexity index is 464. The van der Waals surface area contributed by atoms with Gasteiger partial charge in [-0.2, -0.15) is 0 Å². The van der Waals surface area contributed by atoms with Crippen LogP contribution in [-0.2, 0) is 4.74 Å². The van der Waals surface area contributed by atoms with Crippen LogP contribution in [0.1, 0.15) is 24.2 Å². The highest BCUT2D eigenvalue weighted by atomic mass is 19.1. The Morgan fingerprint density at radius 1 is 1.50 bits per heavy atom. The van der Waals surface area contributed by atoms with Crippen molar-refractivity contribution >= 4 is 11.7 Å². The molecule has 1 fully saturated rings. The lowest BCUT2D eigenvalue weighted by Gasteiger charge is -2.39. The van der Waals surface area contributed by atoms with Crippen molar-refractivity contribution in [3.63, 3.8) is 0 Å². The van der Waals surface area contributed by atoms with Crippen LogP contribution >= 0.6 is 0 Å². The van der Waals surface area contributed by atoms with E-state index in [0.29, 0.717) is 18.8 Å². The summed E-state index contributed by atoms with van der Waals surface area (Å²) in [5.74, 6) is -1.65. The number of halogens is 1. The molecule has 1 saturated heterocycles. The van der Waals surface area contributed by atoms with Crippen molar-refractivity contribution in [2.45, 2.75) is 26.0 Å². The van der Waals surface area contributed by atoms with Crippen LogP contribution in [0.3, 0.4) is 0 Å². The van der Waals surface area contributed by atoms with Gasteiger partial charge in [-0.25, -0.2) is 9.18 Å². The second-order valence-electron chi connectivity index (χ2n) is 4.61. The number of rotatable bonds is 2. The fraction of sp³-hybridized carbons (Fsp3) is 0.462. The zero-order valence-corrected chi connectivity index (χ0v) is 10.4. The maximum Gasteiger partial charge on any atom is 0.337 e. The third kappa shape index (κ3) is 2.46. The van der Waals surface area contributed by atoms with E-state index in [-0.39, 0.29) is 17.7 Å². The highest BCUT2D eigenvalue weighted by molar-refractivity contribution is 5.94. The lowest BCUT2D eigenvalue weighted by atomic mass is 10.1. The molecule has 2 rings (SSSR count). The molecule has 1 heterocycles. The van der Waals surface area contributed by atoms with Gasteiger partial charge in [-0.1, -0.05) is 0 Å². The first kappa shape index (κ1) is 12.8. The number of ether oxygens (including phenoxy) is 1. The van der Waals surface area contributed by atoms with Crippen molar-refractivity contribution in [2.24, 2.45) is 0 Å². The van der Waals surface area contributed by atoms with Gasteiger partial charge >= 0.3 is 5.97 Å². The van der Waals surface area contributed by atoms with E-state index in [1.165, 1.54) is 12.1 Å². The molecule has 18 heavy (non-hydrogen) atoms. The largest absolute Gasteiger partial charge is 0.478 e. The molecule has 0 spiro atoms. The molecule has 2 atom stereocenters. The van der Waals surface area contributed by atoms with Crippen molar-refractivity contribution in [1.29, 1.82) is 0 Å². The second kappa shape index (κ2) is 4.94. The van der Waals surface area contributed by atoms with E-state index in [9.17, 15) is 9.18 Å². The molecular weight excluding hydrogens is 237 g/mol. The van der Waals surface area contributed by atoms with E-state index in [4.69, 9.17) is 9.84 Å². The topological polar surface area (TPSA) is 49.8 Å². The molecule has 4 nitrogen and oxygen atoms in total. The lowest BCUT2D eigenvalue weighted by molar-refractivity contribution is 0.0341. The van der Waals surface area contributed by atoms with Crippen molar-refractivity contribution in [1.82, 2.24) is 0 Å². The zero-order valence-electron chi connectivity index (χ0n) is 10.4. The van der Waals surface area contributed by atoms with Crippen LogP contribution in [0.5, 0.6) is 0 Å². The molecule has 5 heteroatoms. The van der Waals surface area contributed by atoms with Crippen LogP contribution in [0.15, 0.2) is 18.2 Å². The first-order valence-electron chi connectivity index (χ1n) is 5.90. The van der Waals surface area contributed by atoms with Gasteiger partial charge in [0.25, 0.3) is 0 Å². The Balaban J connectivity index is 2.40. The van der Waals surface area contributed by atoms with E-state index >= 15 is 0 Å². The third-order valence-corrected chi connectivity index (χ3v) is 3.11. The van der Waals surface area contributed by atoms with Gasteiger partial charge in [-0.05, 0) is 32.0 Å². The summed E-state index contributed by atoms with van der Waals surface area (Å²) in [6, 6.07) is 3.94. The summed E-state index contributed by atoms with van der Waals surface area (Å²) in [6.07, 6.45) is 0.0351. The molecule has 1 aromatic rings. The molecule has 0 amide bonds. The van der Waals surface area contributed by atoms with Crippen LogP contribution in [0.4, 0.5) is 10.1 Å². The first-order valence-corrected chi connectivity index (χ1v) is 5.90. The van der Waals surface area contributed by atoms with Crippen LogP contribution < -0.4 is 4.90 Å². The van der Waals surface area contributed by atoms with Crippen LogP contribution in [-0.4, -0.2) is 36.4 Å². The minimum Gasteiger partial charge on any atom is -0.478 e. The number of aromatic carboxylic acids is 1. The van der Waals surface area contributed by atoms with Crippen LogP contribution in [0.25, 0.3) is 0 Å². The molecular formula is C13H16FNO3. The normalized spacial score (nSPS) is 24.1. The summed E-state index contributed by atoms with van der Waals surface area (Å²) in [5, 5.41) is 9.15. The number of benzene rings is 1. The van der Waals surface area contributed by atoms with E-state index in [2.05, 4.69) is 0 Å². The monoisotopic (exact) mass is 253 g/mol. The predicted octanol–water partition coefficient (Wildman–Crippen LogP) is 2.14. The summed E-state index contributed by atoms with van der Waals surface area (Å²) in [6.45, 7) is 5.04. The number of hydrogen-bond donors (Lipinski definition) is 1. The Morgan fingerprint density at radius 3 is 2.89 bits per heavy atom. The van der Waals surface area contributed by atoms with Gasteiger partial charge in [-0.3, -0.25) is 0 Å². The maximum absolute atomic E-state index is 13.1. The summed E-state index contributed by atoms with van der Waals surface area (Å²) in [4.78, 5) is 13.1. The van der Waals surface area contributed by atoms with E-state index < -0.39 is 11.8 Å². The molecule has 1 aliphatic rings. The number of anilines is 1. The van der Waals surface area contributed by atoms with Crippen molar-refractivity contribution in [3.8, 4) is 0 Å². The van der Waals surface area contributed by atoms with Crippen LogP contribution in [0.2, 0.25) is 0 Å². The molecule has 0 saturated carbocycles. The fourth-order valence-corrected chi connectivity index (χ4v) is 2.17. The Morgan fingerprint density at radius 2 is 2.22 bits per heavy atom. The second-order valence-corrected chi connectivity index (χ2v) is 4.61. The number of carbonyl (C=O) groups is 1. The number of morpholine rings is 1. The maximum atomic E-state index is 13.1. The lowest BCUT2D eigenvalue weighted by Crippen LogP contribution is -2.48. The molecule has 0 radical (unpaired) electrons. The van der Waals surface area contributed by atoms with Gasteiger partial charge in [0.15, 0.2) is 0 Å². The smallest absolute Gasteiger partial charge is 0.337 e. The Labute approximate surface area is 105 Å². The van der Waals surface area contributed by atoms with Crippen LogP contribution in [0, 0.1) is 5.82 Å². The average molecular weight is 253 g/mol. The Hall–Kier alpha value is -1.62. The SMILES string of the molecule is CC1CN(c2ccc(F)cc2C(=O)O)C(C)CO1. The fourth-order valence-electron chi connectivity index (χ4n) is 2.17. The molecule has 1 aliphatic heterocycles. The molecule has 0 aliphatic carbocycles. The summed E-state index contributed by atoms with van der Waals surface area (Å²) in [7, 11) is 0. The Kier molecular flexibility index (Phi) is 3.52. The minimum absolute atomic E-state index is 0.00375. The van der Waals surface area contributed by atoms with Gasteiger partial charge in [-0.15, -0.1) is 0 Å². The van der Waals surface area contributed by atoms with Gasteiger partial charge in [0.05, 0.1) is 24.0 Å². The highest BCUT2D eigenvalue weighted by Crippen LogP contribution is 2.26. The summed E-state index contributed by atoms with van der Waals surface area (Å²) < 4.78 is 18.6. The quantitative estimate of drug-likeness (QED) is 0.877. The van der Waals surface area contributed by atoms with Gasteiger partial charge in [0.2, 0.25) is 0 Å². The molecule has 1 N–H and O–H groups in total. The summed E-state index contributed by atoms with van der Waals surface area (Å²) in [5.41, 5.74) is 0.544. The van der Waals surface area contributed by atoms with Crippen molar-refractivity contribution in [3.05, 3.63) is 29.6 Å². The van der Waals surface area contributed by atoms with Gasteiger partial charge in [0.1, 0.15) is 5.82 Å². The molecule has 0 bridgehead atoms. The minimum atomic E-state index is -1.11.